The molecular formula is C34H32O14. The van der Waals surface area contributed by atoms with Gasteiger partial charge in [0, 0.05) is 24.5 Å². The summed E-state index contributed by atoms with van der Waals surface area (Å²) in [6.45, 7) is 4.17. The largest absolute Gasteiger partial charge is 0.507 e. The van der Waals surface area contributed by atoms with E-state index in [0.29, 0.717) is 0 Å². The van der Waals surface area contributed by atoms with E-state index in [9.17, 15) is 44.4 Å². The van der Waals surface area contributed by atoms with Gasteiger partial charge in [0.2, 0.25) is 5.78 Å². The van der Waals surface area contributed by atoms with Crippen LogP contribution in [0.1, 0.15) is 54.6 Å². The molecule has 252 valence electrons. The second-order valence-corrected chi connectivity index (χ2v) is 12.2. The van der Waals surface area contributed by atoms with E-state index in [1.807, 2.05) is 0 Å². The predicted octanol–water partition coefficient (Wildman–Crippen LogP) is 2.76. The number of carbonyl (C=O) groups is 5. The second kappa shape index (κ2) is 11.1. The summed E-state index contributed by atoms with van der Waals surface area (Å²) in [5.74, 6) is -7.97. The Morgan fingerprint density at radius 2 is 1.62 bits per heavy atom. The minimum atomic E-state index is -2.43. The number of hydrogen-bond acceptors (Lipinski definition) is 14. The van der Waals surface area contributed by atoms with Gasteiger partial charge in [0.05, 0.1) is 25.4 Å². The Balaban J connectivity index is 1.62. The van der Waals surface area contributed by atoms with Crippen molar-refractivity contribution in [1.82, 2.24) is 0 Å². The lowest BCUT2D eigenvalue weighted by Crippen LogP contribution is -2.64. The lowest BCUT2D eigenvalue weighted by atomic mass is 9.69. The van der Waals surface area contributed by atoms with E-state index in [0.717, 1.165) is 21.1 Å². The number of esters is 3. The molecule has 2 aliphatic heterocycles. The van der Waals surface area contributed by atoms with Gasteiger partial charge in [-0.2, -0.15) is 0 Å². The third-order valence-corrected chi connectivity index (χ3v) is 9.38. The van der Waals surface area contributed by atoms with Crippen LogP contribution in [-0.4, -0.2) is 87.5 Å². The van der Waals surface area contributed by atoms with Crippen molar-refractivity contribution in [3.63, 3.8) is 0 Å². The van der Waals surface area contributed by atoms with Crippen molar-refractivity contribution < 1.29 is 68.1 Å². The maximum absolute atomic E-state index is 14.1. The third-order valence-electron chi connectivity index (χ3n) is 9.38. The molecule has 2 aliphatic carbocycles. The van der Waals surface area contributed by atoms with Crippen LogP contribution >= 0.6 is 0 Å². The number of ketones is 2. The Morgan fingerprint density at radius 1 is 0.958 bits per heavy atom. The zero-order valence-corrected chi connectivity index (χ0v) is 26.5. The number of aliphatic hydroxyl groups excluding tert-OH is 2. The van der Waals surface area contributed by atoms with E-state index in [2.05, 4.69) is 0 Å². The van der Waals surface area contributed by atoms with E-state index in [4.69, 9.17) is 23.7 Å². The van der Waals surface area contributed by atoms with Gasteiger partial charge in [0.25, 0.3) is 11.2 Å². The number of rotatable bonds is 4. The van der Waals surface area contributed by atoms with Crippen LogP contribution in [0.15, 0.2) is 35.4 Å². The van der Waals surface area contributed by atoms with Gasteiger partial charge in [-0.3, -0.25) is 14.4 Å². The molecule has 5 atom stereocenters. The Morgan fingerprint density at radius 3 is 2.27 bits per heavy atom. The zero-order valence-electron chi connectivity index (χ0n) is 26.5. The lowest BCUT2D eigenvalue weighted by Gasteiger charge is -2.45. The molecule has 0 bridgehead atoms. The van der Waals surface area contributed by atoms with Crippen molar-refractivity contribution in [2.24, 2.45) is 5.92 Å². The fourth-order valence-corrected chi connectivity index (χ4v) is 7.27. The maximum atomic E-state index is 14.1. The first-order valence-electron chi connectivity index (χ1n) is 15.0. The molecule has 14 heteroatoms. The molecule has 4 aliphatic rings. The van der Waals surface area contributed by atoms with E-state index in [1.54, 1.807) is 0 Å². The standard InChI is InChI=1S/C34H32O14/c1-13-11-18(36)23-27(39)17-7-6-8-21(46-15(3)35)33(17,31(42)44-4)48-29(23)22(13)16-9-10-20-24(26(16)38)28(40)25-19(37)12-14(2)30(41)34(25,47-20)32(43)45-5/h7,9-11,14,21,30,36,38,40-41H,6,8,12H2,1-5H3/t14-,21-,30-,33+,34+/m0/s1. The molecule has 0 unspecified atom stereocenters. The van der Waals surface area contributed by atoms with Gasteiger partial charge < -0.3 is 44.1 Å². The molecule has 0 aromatic heterocycles. The van der Waals surface area contributed by atoms with Gasteiger partial charge in [-0.1, -0.05) is 13.0 Å². The highest BCUT2D eigenvalue weighted by Gasteiger charge is 2.64. The van der Waals surface area contributed by atoms with Crippen LogP contribution in [0, 0.1) is 12.8 Å². The number of aromatic hydroxyl groups is 2. The fraction of sp³-hybridized carbons (Fsp3) is 0.382. The quantitative estimate of drug-likeness (QED) is 0.273. The number of phenolic OH excluding ortho intramolecular Hbond substituents is 2. The number of aliphatic hydroxyl groups is 2. The molecule has 1 saturated carbocycles. The second-order valence-electron chi connectivity index (χ2n) is 12.2. The minimum Gasteiger partial charge on any atom is -0.507 e. The van der Waals surface area contributed by atoms with Crippen LogP contribution in [0.2, 0.25) is 0 Å². The molecular weight excluding hydrogens is 632 g/mol. The van der Waals surface area contributed by atoms with Gasteiger partial charge in [-0.15, -0.1) is 0 Å². The summed E-state index contributed by atoms with van der Waals surface area (Å²) in [5, 5.41) is 45.5. The molecule has 0 saturated heterocycles. The van der Waals surface area contributed by atoms with Crippen LogP contribution in [0.5, 0.6) is 23.0 Å². The molecule has 14 nitrogen and oxygen atoms in total. The molecule has 48 heavy (non-hydrogen) atoms. The molecule has 2 aromatic carbocycles. The molecule has 0 amide bonds. The SMILES string of the molecule is COC(=O)[C@@]12Oc3c(c(O)cc(C)c3-c3ccc4c(c3O)C(O)=C3C(=O)C[C@H](C)[C@H](O)[C@]3(C(=O)OC)O4)C(=O)C1=CCC[C@@H]2OC(C)=O. The highest BCUT2D eigenvalue weighted by Crippen LogP contribution is 2.56. The molecule has 1 fully saturated rings. The normalized spacial score (nSPS) is 27.2. The van der Waals surface area contributed by atoms with Gasteiger partial charge in [0.15, 0.2) is 11.9 Å². The van der Waals surface area contributed by atoms with Crippen LogP contribution in [0.3, 0.4) is 0 Å². The van der Waals surface area contributed by atoms with Crippen LogP contribution in [0.25, 0.3) is 16.9 Å². The smallest absolute Gasteiger partial charge is 0.359 e. The summed E-state index contributed by atoms with van der Waals surface area (Å²) >= 11 is 0. The Kier molecular flexibility index (Phi) is 7.54. The van der Waals surface area contributed by atoms with E-state index in [1.165, 1.54) is 38.1 Å². The molecule has 4 N–H and O–H groups in total. The van der Waals surface area contributed by atoms with Crippen molar-refractivity contribution in [2.75, 3.05) is 14.2 Å². The number of ether oxygens (including phenoxy) is 5. The molecule has 2 aromatic rings. The molecule has 6 rings (SSSR count). The molecule has 2 heterocycles. The first-order valence-corrected chi connectivity index (χ1v) is 15.0. The number of allylic oxidation sites excluding steroid dienone is 1. The Labute approximate surface area is 273 Å². The first-order chi connectivity index (χ1) is 22.7. The van der Waals surface area contributed by atoms with Gasteiger partial charge in [-0.05, 0) is 49.4 Å². The van der Waals surface area contributed by atoms with Crippen LogP contribution in [0.4, 0.5) is 0 Å². The van der Waals surface area contributed by atoms with Gasteiger partial charge in [0.1, 0.15) is 46.0 Å². The van der Waals surface area contributed by atoms with E-state index < -0.39 is 87.2 Å². The maximum Gasteiger partial charge on any atom is 0.359 e. The van der Waals surface area contributed by atoms with Crippen molar-refractivity contribution in [3.05, 3.63) is 52.1 Å². The molecule has 0 spiro atoms. The first kappa shape index (κ1) is 32.6. The topological polar surface area (TPSA) is 212 Å². The fourth-order valence-electron chi connectivity index (χ4n) is 7.27. The predicted molar refractivity (Wildman–Crippen MR) is 162 cm³/mol. The summed E-state index contributed by atoms with van der Waals surface area (Å²) < 4.78 is 27.7. The van der Waals surface area contributed by atoms with Gasteiger partial charge >= 0.3 is 17.9 Å². The zero-order chi connectivity index (χ0) is 35.0. The summed E-state index contributed by atoms with van der Waals surface area (Å²) in [5.41, 5.74) is -6.20. The van der Waals surface area contributed by atoms with Gasteiger partial charge in [-0.25, -0.2) is 9.59 Å². The molecule has 0 radical (unpaired) electrons. The number of benzene rings is 2. The summed E-state index contributed by atoms with van der Waals surface area (Å²) in [4.78, 5) is 66.2. The summed E-state index contributed by atoms with van der Waals surface area (Å²) in [7, 11) is 2.09. The van der Waals surface area contributed by atoms with Crippen LogP contribution < -0.4 is 9.47 Å². The number of phenols is 2. The van der Waals surface area contributed by atoms with Crippen molar-refractivity contribution in [3.8, 4) is 34.1 Å². The average molecular weight is 665 g/mol. The highest BCUT2D eigenvalue weighted by molar-refractivity contribution is 6.20. The minimum absolute atomic E-state index is 0.0165. The third kappa shape index (κ3) is 4.17. The number of aryl methyl sites for hydroxylation is 1. The van der Waals surface area contributed by atoms with E-state index in [-0.39, 0.29) is 58.6 Å². The van der Waals surface area contributed by atoms with Crippen molar-refractivity contribution in [1.29, 1.82) is 0 Å². The van der Waals surface area contributed by atoms with Crippen LogP contribution in [-0.2, 0) is 33.4 Å². The number of fused-ring (bicyclic) bond motifs is 4. The van der Waals surface area contributed by atoms with Crippen molar-refractivity contribution >= 4 is 35.2 Å². The number of carbonyl (C=O) groups excluding carboxylic acids is 5. The number of Topliss-reactive ketones (excluding diaryl/α,β-unsaturated/α-hetero) is 2. The summed E-state index contributed by atoms with van der Waals surface area (Å²) in [6.07, 6.45) is -1.42. The highest BCUT2D eigenvalue weighted by atomic mass is 16.6. The Hall–Kier alpha value is -5.37. The summed E-state index contributed by atoms with van der Waals surface area (Å²) in [6, 6.07) is 3.80. The lowest BCUT2D eigenvalue weighted by molar-refractivity contribution is -0.176. The van der Waals surface area contributed by atoms with E-state index >= 15 is 0 Å². The van der Waals surface area contributed by atoms with Crippen molar-refractivity contribution in [2.45, 2.75) is 63.4 Å². The monoisotopic (exact) mass is 664 g/mol. The number of methoxy groups -OCH3 is 2. The average Bonchev–Trinajstić information content (AvgIpc) is 3.03. The number of hydrogen-bond donors (Lipinski definition) is 4. The Bertz CT molecular complexity index is 1900.